The first kappa shape index (κ1) is 17.6. The molecular weight excluding hydrogens is 310 g/mol. The van der Waals surface area contributed by atoms with Crippen LogP contribution in [0, 0.1) is 0 Å². The number of rotatable bonds is 6. The molecule has 126 valence electrons. The summed E-state index contributed by atoms with van der Waals surface area (Å²) in [5, 5.41) is 0. The molecule has 1 aliphatic rings. The third-order valence-electron chi connectivity index (χ3n) is 3.64. The lowest BCUT2D eigenvalue weighted by Crippen LogP contribution is -2.26. The molecule has 0 aromatic heterocycles. The number of nitrogens with one attached hydrogen (secondary N) is 1. The summed E-state index contributed by atoms with van der Waals surface area (Å²) in [5.41, 5.74) is 3.25. The summed E-state index contributed by atoms with van der Waals surface area (Å²) in [5.74, 6) is -1.23. The van der Waals surface area contributed by atoms with Crippen molar-refractivity contribution < 1.29 is 24.0 Å². The summed E-state index contributed by atoms with van der Waals surface area (Å²) in [4.78, 5) is 42.0. The van der Waals surface area contributed by atoms with E-state index in [0.717, 1.165) is 0 Å². The van der Waals surface area contributed by atoms with Crippen molar-refractivity contribution in [3.63, 3.8) is 0 Å². The highest BCUT2D eigenvalue weighted by molar-refractivity contribution is 6.27. The molecule has 0 aliphatic heterocycles. The van der Waals surface area contributed by atoms with Gasteiger partial charge in [0.15, 0.2) is 11.5 Å². The average molecular weight is 329 g/mol. The molecule has 0 unspecified atom stereocenters. The number of fused-ring (bicyclic) bond motifs is 1. The van der Waals surface area contributed by atoms with Gasteiger partial charge in [-0.3, -0.25) is 19.2 Å². The quantitative estimate of drug-likeness (QED) is 0.640. The van der Waals surface area contributed by atoms with Crippen LogP contribution in [0.25, 0.3) is 0 Å². The topological polar surface area (TPSA) is 81.7 Å². The number of allylic oxidation sites excluding steroid dienone is 3. The van der Waals surface area contributed by atoms with Gasteiger partial charge in [-0.05, 0) is 12.5 Å². The number of hydrogen-bond donors (Lipinski definition) is 1. The molecule has 0 saturated carbocycles. The minimum atomic E-state index is -0.457. The highest BCUT2D eigenvalue weighted by Crippen LogP contribution is 2.28. The van der Waals surface area contributed by atoms with Crippen LogP contribution in [0.3, 0.4) is 0 Å². The van der Waals surface area contributed by atoms with Crippen molar-refractivity contribution in [1.82, 2.24) is 5.48 Å². The van der Waals surface area contributed by atoms with Crippen molar-refractivity contribution in [3.8, 4) is 0 Å². The first-order valence-electron chi connectivity index (χ1n) is 7.55. The van der Waals surface area contributed by atoms with Gasteiger partial charge >= 0.3 is 0 Å². The zero-order valence-electron chi connectivity index (χ0n) is 13.8. The van der Waals surface area contributed by atoms with Crippen molar-refractivity contribution in [3.05, 3.63) is 58.4 Å². The summed E-state index contributed by atoms with van der Waals surface area (Å²) < 4.78 is 5.16. The summed E-state index contributed by atoms with van der Waals surface area (Å²) in [7, 11) is 2.66. The van der Waals surface area contributed by atoms with Crippen LogP contribution in [0.15, 0.2) is 47.2 Å². The van der Waals surface area contributed by atoms with Crippen molar-refractivity contribution in [2.45, 2.75) is 19.8 Å². The Balaban J connectivity index is 2.57. The van der Waals surface area contributed by atoms with Crippen LogP contribution in [-0.2, 0) is 14.4 Å². The Morgan fingerprint density at radius 1 is 1.12 bits per heavy atom. The lowest BCUT2D eigenvalue weighted by Gasteiger charge is -2.18. The molecule has 1 aromatic carbocycles. The van der Waals surface area contributed by atoms with Gasteiger partial charge in [0.1, 0.15) is 0 Å². The highest BCUT2D eigenvalue weighted by Gasteiger charge is 2.32. The molecular formula is C18H19NO5. The van der Waals surface area contributed by atoms with Crippen molar-refractivity contribution in [2.24, 2.45) is 0 Å². The Bertz CT molecular complexity index is 746. The minimum absolute atomic E-state index is 0.0579. The Kier molecular flexibility index (Phi) is 5.65. The third-order valence-corrected chi connectivity index (χ3v) is 3.64. The van der Waals surface area contributed by atoms with Crippen molar-refractivity contribution in [2.75, 3.05) is 14.2 Å². The van der Waals surface area contributed by atoms with Crippen LogP contribution in [-0.4, -0.2) is 31.7 Å². The Morgan fingerprint density at radius 2 is 1.75 bits per heavy atom. The molecule has 0 atom stereocenters. The number of ether oxygens (including phenoxy) is 1. The molecule has 1 N–H and O–H groups in total. The van der Waals surface area contributed by atoms with Gasteiger partial charge in [-0.1, -0.05) is 37.6 Å². The van der Waals surface area contributed by atoms with Crippen LogP contribution in [0.5, 0.6) is 0 Å². The molecule has 6 heteroatoms. The van der Waals surface area contributed by atoms with Gasteiger partial charge in [0.2, 0.25) is 5.78 Å². The molecule has 0 radical (unpaired) electrons. The predicted octanol–water partition coefficient (Wildman–Crippen LogP) is 2.37. The molecule has 0 spiro atoms. The van der Waals surface area contributed by atoms with Gasteiger partial charge < -0.3 is 4.74 Å². The number of carbonyl (C=O) groups excluding carboxylic acids is 3. The van der Waals surface area contributed by atoms with Gasteiger partial charge in [0.05, 0.1) is 19.8 Å². The first-order valence-corrected chi connectivity index (χ1v) is 7.55. The largest absolute Gasteiger partial charge is 0.492 e. The van der Waals surface area contributed by atoms with Gasteiger partial charge in [-0.15, -0.1) is 0 Å². The number of ketones is 2. The maximum atomic E-state index is 12.8. The predicted molar refractivity (Wildman–Crippen MR) is 87.3 cm³/mol. The highest BCUT2D eigenvalue weighted by atomic mass is 16.6. The Morgan fingerprint density at radius 3 is 2.29 bits per heavy atom. The third kappa shape index (κ3) is 3.28. The molecule has 0 fully saturated rings. The normalized spacial score (nSPS) is 14.5. The van der Waals surface area contributed by atoms with Crippen LogP contribution >= 0.6 is 0 Å². The monoisotopic (exact) mass is 329 g/mol. The molecule has 1 aliphatic carbocycles. The summed E-state index contributed by atoms with van der Waals surface area (Å²) in [6, 6.07) is 6.55. The van der Waals surface area contributed by atoms with Crippen LogP contribution in [0.2, 0.25) is 0 Å². The molecule has 24 heavy (non-hydrogen) atoms. The zero-order chi connectivity index (χ0) is 17.7. The SMILES string of the molecule is CCCC(=CC1=C(OC)C(=O)c2ccccc2C1=O)C(=O)NOC. The van der Waals surface area contributed by atoms with Crippen LogP contribution in [0.1, 0.15) is 40.5 Å². The average Bonchev–Trinajstić information content (AvgIpc) is 2.59. The number of methoxy groups -OCH3 is 1. The lowest BCUT2D eigenvalue weighted by atomic mass is 9.87. The van der Waals surface area contributed by atoms with E-state index in [2.05, 4.69) is 10.3 Å². The second-order valence-electron chi connectivity index (χ2n) is 5.21. The van der Waals surface area contributed by atoms with E-state index in [0.29, 0.717) is 29.5 Å². The van der Waals surface area contributed by atoms with E-state index in [1.807, 2.05) is 6.92 Å². The van der Waals surface area contributed by atoms with E-state index < -0.39 is 5.91 Å². The Labute approximate surface area is 140 Å². The van der Waals surface area contributed by atoms with E-state index in [4.69, 9.17) is 4.74 Å². The van der Waals surface area contributed by atoms with Gasteiger partial charge in [0.25, 0.3) is 5.91 Å². The van der Waals surface area contributed by atoms with Gasteiger partial charge in [-0.2, -0.15) is 0 Å². The van der Waals surface area contributed by atoms with E-state index >= 15 is 0 Å². The molecule has 2 rings (SSSR count). The maximum Gasteiger partial charge on any atom is 0.270 e. The molecule has 1 amide bonds. The summed E-state index contributed by atoms with van der Waals surface area (Å²) >= 11 is 0. The first-order chi connectivity index (χ1) is 11.5. The summed E-state index contributed by atoms with van der Waals surface area (Å²) in [6.45, 7) is 1.91. The fraction of sp³-hybridized carbons (Fsp3) is 0.278. The minimum Gasteiger partial charge on any atom is -0.492 e. The smallest absolute Gasteiger partial charge is 0.270 e. The number of Topliss-reactive ketones (excluding diaryl/α,β-unsaturated/α-hetero) is 2. The van der Waals surface area contributed by atoms with Gasteiger partial charge in [-0.25, -0.2) is 5.48 Å². The molecule has 6 nitrogen and oxygen atoms in total. The van der Waals surface area contributed by atoms with Crippen molar-refractivity contribution in [1.29, 1.82) is 0 Å². The standard InChI is InChI=1S/C18H19NO5/c1-4-7-11(18(22)19-24-3)10-14-15(20)12-8-5-6-9-13(12)16(21)17(14)23-2/h5-6,8-10H,4,7H2,1-3H3,(H,19,22). The van der Waals surface area contributed by atoms with E-state index in [1.165, 1.54) is 20.3 Å². The molecule has 0 bridgehead atoms. The number of benzene rings is 1. The fourth-order valence-corrected chi connectivity index (χ4v) is 2.56. The zero-order valence-corrected chi connectivity index (χ0v) is 13.8. The number of carbonyl (C=O) groups is 3. The summed E-state index contributed by atoms with van der Waals surface area (Å²) in [6.07, 6.45) is 2.53. The molecule has 1 aromatic rings. The van der Waals surface area contributed by atoms with Crippen molar-refractivity contribution >= 4 is 17.5 Å². The molecule has 0 saturated heterocycles. The van der Waals surface area contributed by atoms with E-state index in [9.17, 15) is 14.4 Å². The number of amides is 1. The molecule has 0 heterocycles. The van der Waals surface area contributed by atoms with Gasteiger partial charge in [0, 0.05) is 16.7 Å². The van der Waals surface area contributed by atoms with E-state index in [-0.39, 0.29) is 22.9 Å². The van der Waals surface area contributed by atoms with Crippen LogP contribution in [0.4, 0.5) is 0 Å². The fourth-order valence-electron chi connectivity index (χ4n) is 2.56. The Hall–Kier alpha value is -2.73. The lowest BCUT2D eigenvalue weighted by molar-refractivity contribution is -0.127. The second-order valence-corrected chi connectivity index (χ2v) is 5.21. The van der Waals surface area contributed by atoms with Crippen LogP contribution < -0.4 is 5.48 Å². The number of hydroxylamine groups is 1. The second kappa shape index (κ2) is 7.70. The number of hydrogen-bond acceptors (Lipinski definition) is 5. The maximum absolute atomic E-state index is 12.8. The van der Waals surface area contributed by atoms with E-state index in [1.54, 1.807) is 24.3 Å².